The Labute approximate surface area is 199 Å². The number of carbonyl (C=O) groups is 2. The Balaban J connectivity index is 1.52. The van der Waals surface area contributed by atoms with Gasteiger partial charge < -0.3 is 15.8 Å². The Morgan fingerprint density at radius 3 is 2.63 bits per heavy atom. The molecule has 0 unspecified atom stereocenters. The molecule has 2 aromatic heterocycles. The summed E-state index contributed by atoms with van der Waals surface area (Å²) in [5.41, 5.74) is 10.1. The van der Waals surface area contributed by atoms with Crippen molar-refractivity contribution in [2.24, 2.45) is 5.73 Å². The number of ether oxygens (including phenoxy) is 1. The van der Waals surface area contributed by atoms with Crippen LogP contribution in [-0.2, 0) is 35.3 Å². The first-order valence-electron chi connectivity index (χ1n) is 11.2. The molecule has 0 radical (unpaired) electrons. The van der Waals surface area contributed by atoms with E-state index in [4.69, 9.17) is 5.73 Å². The average molecular weight is 487 g/mol. The molecule has 4 rings (SSSR count). The lowest BCUT2D eigenvalue weighted by atomic mass is 9.90. The van der Waals surface area contributed by atoms with Crippen molar-refractivity contribution in [1.82, 2.24) is 14.8 Å². The minimum atomic E-state index is -5.28. The molecule has 0 saturated carbocycles. The molecular weight excluding hydrogens is 463 g/mol. The number of anilines is 1. The molecule has 11 heteroatoms. The van der Waals surface area contributed by atoms with E-state index in [1.807, 2.05) is 24.3 Å². The summed E-state index contributed by atoms with van der Waals surface area (Å²) in [7, 11) is 0. The number of rotatable bonds is 8. The zero-order chi connectivity index (χ0) is 25.0. The Kier molecular flexibility index (Phi) is 7.15. The molecule has 3 N–H and O–H groups in total. The summed E-state index contributed by atoms with van der Waals surface area (Å²) in [4.78, 5) is 28.1. The molecule has 3 aromatic rings. The topological polar surface area (TPSA) is 112 Å². The van der Waals surface area contributed by atoms with Crippen LogP contribution in [0.2, 0.25) is 0 Å². The fraction of sp³-hybridized carbons (Fsp3) is 0.333. The normalized spacial score (nSPS) is 12.6. The zero-order valence-electron chi connectivity index (χ0n) is 18.8. The van der Waals surface area contributed by atoms with Crippen LogP contribution in [0, 0.1) is 0 Å². The second-order valence-corrected chi connectivity index (χ2v) is 8.12. The smallest absolute Gasteiger partial charge is 0.385 e. The molecule has 0 amide bonds. The third-order valence-electron chi connectivity index (χ3n) is 5.73. The van der Waals surface area contributed by atoms with Crippen LogP contribution < -0.4 is 11.1 Å². The molecule has 184 valence electrons. The van der Waals surface area contributed by atoms with E-state index in [1.54, 1.807) is 18.5 Å². The van der Waals surface area contributed by atoms with Gasteiger partial charge in [-0.2, -0.15) is 18.3 Å². The van der Waals surface area contributed by atoms with Crippen molar-refractivity contribution in [2.45, 2.75) is 38.4 Å². The van der Waals surface area contributed by atoms with Crippen LogP contribution in [0.4, 0.5) is 18.9 Å². The summed E-state index contributed by atoms with van der Waals surface area (Å²) >= 11 is 0. The molecule has 0 saturated heterocycles. The number of carbonyl (C=O) groups excluding carboxylic acids is 2. The molecule has 1 aliphatic rings. The monoisotopic (exact) mass is 487 g/mol. The molecule has 0 spiro atoms. The summed E-state index contributed by atoms with van der Waals surface area (Å²) in [6.07, 6.45) is 0.221. The van der Waals surface area contributed by atoms with Crippen molar-refractivity contribution in [3.63, 3.8) is 0 Å². The first kappa shape index (κ1) is 24.4. The van der Waals surface area contributed by atoms with Crippen LogP contribution in [0.3, 0.4) is 0 Å². The molecule has 2 heterocycles. The van der Waals surface area contributed by atoms with Gasteiger partial charge in [-0.15, -0.1) is 0 Å². The number of hydrogen-bond acceptors (Lipinski definition) is 7. The number of nitrogens with two attached hydrogens (primary N) is 1. The van der Waals surface area contributed by atoms with Crippen molar-refractivity contribution < 1.29 is 27.5 Å². The predicted octanol–water partition coefficient (Wildman–Crippen LogP) is 3.29. The predicted molar refractivity (Wildman–Crippen MR) is 122 cm³/mol. The average Bonchev–Trinajstić information content (AvgIpc) is 3.21. The number of pyridine rings is 1. The summed E-state index contributed by atoms with van der Waals surface area (Å²) in [6, 6.07) is 9.59. The Bertz CT molecular complexity index is 1220. The van der Waals surface area contributed by atoms with E-state index in [0.29, 0.717) is 43.6 Å². The van der Waals surface area contributed by atoms with Crippen molar-refractivity contribution in [2.75, 3.05) is 18.4 Å². The van der Waals surface area contributed by atoms with Crippen LogP contribution in [0.15, 0.2) is 42.7 Å². The van der Waals surface area contributed by atoms with Gasteiger partial charge >= 0.3 is 18.1 Å². The van der Waals surface area contributed by atoms with Crippen molar-refractivity contribution in [1.29, 1.82) is 0 Å². The Morgan fingerprint density at radius 1 is 1.14 bits per heavy atom. The highest BCUT2D eigenvalue weighted by Gasteiger charge is 2.43. The maximum atomic E-state index is 12.7. The van der Waals surface area contributed by atoms with Crippen molar-refractivity contribution in [3.8, 4) is 11.3 Å². The molecular formula is C24H24F3N5O3. The van der Waals surface area contributed by atoms with Gasteiger partial charge in [0.2, 0.25) is 0 Å². The molecule has 1 aliphatic carbocycles. The SMILES string of the molecule is NCCc1ccc(NCCCn2nc3c(c2C(=O)OC(=O)C(F)(F)F)CCc2cnccc2-3)cc1. The third kappa shape index (κ3) is 5.51. The first-order valence-corrected chi connectivity index (χ1v) is 11.2. The van der Waals surface area contributed by atoms with Gasteiger partial charge in [0.25, 0.3) is 0 Å². The number of aryl methyl sites for hydroxylation is 2. The number of fused-ring (bicyclic) bond motifs is 3. The van der Waals surface area contributed by atoms with Crippen LogP contribution in [0.1, 0.15) is 33.6 Å². The van der Waals surface area contributed by atoms with Gasteiger partial charge in [0, 0.05) is 42.3 Å². The highest BCUT2D eigenvalue weighted by Crippen LogP contribution is 2.34. The van der Waals surface area contributed by atoms with E-state index in [2.05, 4.69) is 20.1 Å². The molecule has 8 nitrogen and oxygen atoms in total. The quantitative estimate of drug-likeness (QED) is 0.285. The summed E-state index contributed by atoms with van der Waals surface area (Å²) in [6.45, 7) is 1.33. The van der Waals surface area contributed by atoms with Gasteiger partial charge in [0.1, 0.15) is 0 Å². The molecule has 1 aromatic carbocycles. The van der Waals surface area contributed by atoms with Gasteiger partial charge in [-0.05, 0) is 61.6 Å². The number of benzene rings is 1. The largest absolute Gasteiger partial charge is 0.491 e. The number of halogens is 3. The maximum Gasteiger partial charge on any atom is 0.491 e. The summed E-state index contributed by atoms with van der Waals surface area (Å²) < 4.78 is 43.6. The number of nitrogens with zero attached hydrogens (tertiary/aromatic N) is 3. The lowest BCUT2D eigenvalue weighted by molar-refractivity contribution is -0.193. The van der Waals surface area contributed by atoms with E-state index >= 15 is 0 Å². The van der Waals surface area contributed by atoms with E-state index in [9.17, 15) is 22.8 Å². The number of hydrogen-bond donors (Lipinski definition) is 2. The summed E-state index contributed by atoms with van der Waals surface area (Å²) in [5, 5.41) is 7.78. The number of alkyl halides is 3. The highest BCUT2D eigenvalue weighted by molar-refractivity contribution is 5.99. The second kappa shape index (κ2) is 10.3. The standard InChI is InChI=1S/C24H24F3N5O3/c25-24(26,27)23(34)35-22(33)21-19-7-4-16-14-29-12-9-18(16)20(19)31-32(21)13-1-11-30-17-5-2-15(3-6-17)8-10-28/h2-3,5-6,9,12,14,30H,1,4,7-8,10-11,13,28H2. The molecule has 0 aliphatic heterocycles. The summed E-state index contributed by atoms with van der Waals surface area (Å²) in [5.74, 6) is -3.91. The third-order valence-corrected chi connectivity index (χ3v) is 5.73. The van der Waals surface area contributed by atoms with Crippen molar-refractivity contribution in [3.05, 3.63) is 65.1 Å². The van der Waals surface area contributed by atoms with Crippen LogP contribution >= 0.6 is 0 Å². The molecule has 0 fully saturated rings. The maximum absolute atomic E-state index is 12.7. The highest BCUT2D eigenvalue weighted by atomic mass is 19.4. The van der Waals surface area contributed by atoms with Gasteiger partial charge in [0.15, 0.2) is 5.69 Å². The minimum Gasteiger partial charge on any atom is -0.385 e. The van der Waals surface area contributed by atoms with E-state index in [-0.39, 0.29) is 12.2 Å². The van der Waals surface area contributed by atoms with Gasteiger partial charge in [-0.1, -0.05) is 12.1 Å². The van der Waals surface area contributed by atoms with Gasteiger partial charge in [0.05, 0.1) is 5.69 Å². The minimum absolute atomic E-state index is 0.133. The van der Waals surface area contributed by atoms with Crippen LogP contribution in [0.5, 0.6) is 0 Å². The van der Waals surface area contributed by atoms with Crippen molar-refractivity contribution >= 4 is 17.6 Å². The molecule has 35 heavy (non-hydrogen) atoms. The zero-order valence-corrected chi connectivity index (χ0v) is 18.8. The number of nitrogens with one attached hydrogen (secondary N) is 1. The first-order chi connectivity index (χ1) is 16.8. The molecule has 0 atom stereocenters. The Morgan fingerprint density at radius 2 is 1.91 bits per heavy atom. The molecule has 0 bridgehead atoms. The van der Waals surface area contributed by atoms with Gasteiger partial charge in [-0.25, -0.2) is 9.59 Å². The number of esters is 2. The fourth-order valence-corrected chi connectivity index (χ4v) is 4.07. The van der Waals surface area contributed by atoms with Crippen LogP contribution in [0.25, 0.3) is 11.3 Å². The van der Waals surface area contributed by atoms with E-state index in [1.165, 1.54) is 4.68 Å². The van der Waals surface area contributed by atoms with Gasteiger partial charge in [-0.3, -0.25) is 9.67 Å². The lowest BCUT2D eigenvalue weighted by Crippen LogP contribution is -2.29. The fourth-order valence-electron chi connectivity index (χ4n) is 4.07. The van der Waals surface area contributed by atoms with E-state index in [0.717, 1.165) is 28.8 Å². The van der Waals surface area contributed by atoms with Crippen LogP contribution in [-0.4, -0.2) is 46.0 Å². The second-order valence-electron chi connectivity index (χ2n) is 8.12. The lowest BCUT2D eigenvalue weighted by Gasteiger charge is -2.15. The Hall–Kier alpha value is -3.73. The van der Waals surface area contributed by atoms with E-state index < -0.39 is 18.1 Å². The number of aromatic nitrogens is 3.